The summed E-state index contributed by atoms with van der Waals surface area (Å²) in [5, 5.41) is 5.92. The smallest absolute Gasteiger partial charge is 0.243 e. The molecular weight excluding hydrogens is 382 g/mol. The molecule has 2 amide bonds. The Morgan fingerprint density at radius 2 is 1.56 bits per heavy atom. The van der Waals surface area contributed by atoms with Gasteiger partial charge in [0.2, 0.25) is 11.8 Å². The van der Waals surface area contributed by atoms with Gasteiger partial charge in [0, 0.05) is 36.4 Å². The van der Waals surface area contributed by atoms with Crippen LogP contribution in [0.5, 0.6) is 0 Å². The van der Waals surface area contributed by atoms with E-state index in [1.807, 2.05) is 48.5 Å². The molecule has 0 fully saturated rings. The Bertz CT molecular complexity index is 712. The molecular formula is C19H22BrN3O2. The Kier molecular flexibility index (Phi) is 7.01. The molecule has 0 aliphatic heterocycles. The van der Waals surface area contributed by atoms with Gasteiger partial charge >= 0.3 is 0 Å². The first-order valence-corrected chi connectivity index (χ1v) is 8.82. The number of anilines is 2. The second-order valence-corrected chi connectivity index (χ2v) is 6.81. The van der Waals surface area contributed by atoms with E-state index in [-0.39, 0.29) is 18.4 Å². The summed E-state index contributed by atoms with van der Waals surface area (Å²) >= 11 is 3.37. The minimum atomic E-state index is -0.113. The Morgan fingerprint density at radius 1 is 0.960 bits per heavy atom. The van der Waals surface area contributed by atoms with E-state index in [1.54, 1.807) is 19.0 Å². The highest BCUT2D eigenvalue weighted by Gasteiger charge is 2.05. The third kappa shape index (κ3) is 6.58. The van der Waals surface area contributed by atoms with Crippen LogP contribution in [0.15, 0.2) is 53.0 Å². The van der Waals surface area contributed by atoms with Crippen LogP contribution < -0.4 is 10.6 Å². The van der Waals surface area contributed by atoms with Crippen LogP contribution in [0.1, 0.15) is 12.0 Å². The zero-order valence-electron chi connectivity index (χ0n) is 14.4. The molecule has 0 aliphatic rings. The van der Waals surface area contributed by atoms with E-state index in [4.69, 9.17) is 0 Å². The molecule has 0 saturated carbocycles. The zero-order valence-corrected chi connectivity index (χ0v) is 16.0. The van der Waals surface area contributed by atoms with Gasteiger partial charge in [0.15, 0.2) is 0 Å². The standard InChI is InChI=1S/C19H22BrN3O2/c1-23(2)19(25)12-5-14-3-8-17(9-4-14)22-18(24)13-21-16-10-6-15(20)7-11-16/h3-4,6-11,21H,5,12-13H2,1-2H3,(H,22,24). The number of aryl methyl sites for hydroxylation is 1. The quantitative estimate of drug-likeness (QED) is 0.743. The molecule has 0 aromatic heterocycles. The maximum Gasteiger partial charge on any atom is 0.243 e. The van der Waals surface area contributed by atoms with Crippen molar-refractivity contribution in [2.24, 2.45) is 0 Å². The number of hydrogen-bond acceptors (Lipinski definition) is 3. The number of nitrogens with zero attached hydrogens (tertiary/aromatic N) is 1. The van der Waals surface area contributed by atoms with Crippen molar-refractivity contribution >= 4 is 39.1 Å². The van der Waals surface area contributed by atoms with Crippen LogP contribution in [0.4, 0.5) is 11.4 Å². The fourth-order valence-electron chi connectivity index (χ4n) is 2.18. The van der Waals surface area contributed by atoms with E-state index >= 15 is 0 Å². The molecule has 2 aromatic rings. The number of nitrogens with one attached hydrogen (secondary N) is 2. The van der Waals surface area contributed by atoms with Crippen molar-refractivity contribution in [3.63, 3.8) is 0 Å². The number of carbonyl (C=O) groups is 2. The van der Waals surface area contributed by atoms with Gasteiger partial charge in [0.1, 0.15) is 0 Å². The van der Waals surface area contributed by atoms with Gasteiger partial charge in [-0.3, -0.25) is 9.59 Å². The van der Waals surface area contributed by atoms with E-state index in [0.29, 0.717) is 12.8 Å². The molecule has 0 saturated heterocycles. The van der Waals surface area contributed by atoms with Crippen molar-refractivity contribution in [1.29, 1.82) is 0 Å². The van der Waals surface area contributed by atoms with Crippen LogP contribution in [0.2, 0.25) is 0 Å². The lowest BCUT2D eigenvalue weighted by Gasteiger charge is -2.10. The molecule has 0 heterocycles. The highest BCUT2D eigenvalue weighted by molar-refractivity contribution is 9.10. The van der Waals surface area contributed by atoms with E-state index in [9.17, 15) is 9.59 Å². The van der Waals surface area contributed by atoms with Crippen molar-refractivity contribution in [3.05, 3.63) is 58.6 Å². The molecule has 0 unspecified atom stereocenters. The van der Waals surface area contributed by atoms with Crippen molar-refractivity contribution in [2.45, 2.75) is 12.8 Å². The molecule has 0 aliphatic carbocycles. The number of hydrogen-bond donors (Lipinski definition) is 2. The summed E-state index contributed by atoms with van der Waals surface area (Å²) in [5.74, 6) is -0.00477. The summed E-state index contributed by atoms with van der Waals surface area (Å²) < 4.78 is 0.995. The maximum absolute atomic E-state index is 12.0. The molecule has 2 aromatic carbocycles. The maximum atomic E-state index is 12.0. The molecule has 0 atom stereocenters. The van der Waals surface area contributed by atoms with Gasteiger partial charge in [0.05, 0.1) is 6.54 Å². The van der Waals surface area contributed by atoms with Gasteiger partial charge in [0.25, 0.3) is 0 Å². The van der Waals surface area contributed by atoms with E-state index < -0.39 is 0 Å². The first kappa shape index (κ1) is 19.0. The van der Waals surface area contributed by atoms with Gasteiger partial charge in [-0.05, 0) is 48.4 Å². The fourth-order valence-corrected chi connectivity index (χ4v) is 2.45. The summed E-state index contributed by atoms with van der Waals surface area (Å²) in [4.78, 5) is 25.2. The highest BCUT2D eigenvalue weighted by Crippen LogP contribution is 2.14. The topological polar surface area (TPSA) is 61.4 Å². The van der Waals surface area contributed by atoms with E-state index in [1.165, 1.54) is 0 Å². The summed E-state index contributed by atoms with van der Waals surface area (Å²) in [6.45, 7) is 0.195. The van der Waals surface area contributed by atoms with Crippen LogP contribution >= 0.6 is 15.9 Å². The van der Waals surface area contributed by atoms with Crippen LogP contribution in [-0.4, -0.2) is 37.4 Å². The number of benzene rings is 2. The third-order valence-corrected chi connectivity index (χ3v) is 4.19. The van der Waals surface area contributed by atoms with Crippen molar-refractivity contribution < 1.29 is 9.59 Å². The van der Waals surface area contributed by atoms with Crippen LogP contribution in [-0.2, 0) is 16.0 Å². The first-order chi connectivity index (χ1) is 11.9. The SMILES string of the molecule is CN(C)C(=O)CCc1ccc(NC(=O)CNc2ccc(Br)cc2)cc1. The molecule has 6 heteroatoms. The average molecular weight is 404 g/mol. The summed E-state index contributed by atoms with van der Waals surface area (Å²) in [6.07, 6.45) is 1.17. The second-order valence-electron chi connectivity index (χ2n) is 5.89. The fraction of sp³-hybridized carbons (Fsp3) is 0.263. The largest absolute Gasteiger partial charge is 0.376 e. The van der Waals surface area contributed by atoms with Crippen LogP contribution in [0, 0.1) is 0 Å². The number of halogens is 1. The molecule has 132 valence electrons. The molecule has 25 heavy (non-hydrogen) atoms. The Morgan fingerprint density at radius 3 is 2.16 bits per heavy atom. The molecule has 0 bridgehead atoms. The molecule has 0 radical (unpaired) electrons. The Balaban J connectivity index is 1.78. The van der Waals surface area contributed by atoms with Gasteiger partial charge in [-0.1, -0.05) is 28.1 Å². The predicted octanol–water partition coefficient (Wildman–Crippen LogP) is 3.52. The summed E-state index contributed by atoms with van der Waals surface area (Å²) in [5.41, 5.74) is 2.70. The predicted molar refractivity (Wildman–Crippen MR) is 105 cm³/mol. The lowest BCUT2D eigenvalue weighted by Crippen LogP contribution is -2.22. The van der Waals surface area contributed by atoms with Crippen LogP contribution in [0.25, 0.3) is 0 Å². The first-order valence-electron chi connectivity index (χ1n) is 8.02. The third-order valence-electron chi connectivity index (χ3n) is 3.66. The molecule has 2 N–H and O–H groups in total. The summed E-state index contributed by atoms with van der Waals surface area (Å²) in [7, 11) is 3.51. The second kappa shape index (κ2) is 9.22. The van der Waals surface area contributed by atoms with Crippen LogP contribution in [0.3, 0.4) is 0 Å². The van der Waals surface area contributed by atoms with E-state index in [2.05, 4.69) is 26.6 Å². The van der Waals surface area contributed by atoms with Gasteiger partial charge in [-0.2, -0.15) is 0 Å². The molecule has 0 spiro atoms. The molecule has 2 rings (SSSR count). The number of amides is 2. The average Bonchev–Trinajstić information content (AvgIpc) is 2.60. The summed E-state index contributed by atoms with van der Waals surface area (Å²) in [6, 6.07) is 15.2. The monoisotopic (exact) mass is 403 g/mol. The lowest BCUT2D eigenvalue weighted by atomic mass is 10.1. The van der Waals surface area contributed by atoms with Gasteiger partial charge < -0.3 is 15.5 Å². The Hall–Kier alpha value is -2.34. The molecule has 5 nitrogen and oxygen atoms in total. The minimum Gasteiger partial charge on any atom is -0.376 e. The Labute approximate surface area is 156 Å². The lowest BCUT2D eigenvalue weighted by molar-refractivity contribution is -0.128. The number of rotatable bonds is 7. The zero-order chi connectivity index (χ0) is 18.2. The van der Waals surface area contributed by atoms with Crippen molar-refractivity contribution in [2.75, 3.05) is 31.3 Å². The van der Waals surface area contributed by atoms with Crippen molar-refractivity contribution in [1.82, 2.24) is 4.90 Å². The van der Waals surface area contributed by atoms with E-state index in [0.717, 1.165) is 21.4 Å². The number of carbonyl (C=O) groups excluding carboxylic acids is 2. The minimum absolute atomic E-state index is 0.108. The van der Waals surface area contributed by atoms with Crippen molar-refractivity contribution in [3.8, 4) is 0 Å². The van der Waals surface area contributed by atoms with Gasteiger partial charge in [-0.25, -0.2) is 0 Å². The highest BCUT2D eigenvalue weighted by atomic mass is 79.9. The van der Waals surface area contributed by atoms with Gasteiger partial charge in [-0.15, -0.1) is 0 Å². The normalized spacial score (nSPS) is 10.2.